The zero-order valence-corrected chi connectivity index (χ0v) is 16.0. The highest BCUT2D eigenvalue weighted by atomic mass is 32.1. The van der Waals surface area contributed by atoms with Crippen LogP contribution in [0.5, 0.6) is 17.2 Å². The predicted molar refractivity (Wildman–Crippen MR) is 108 cm³/mol. The van der Waals surface area contributed by atoms with Gasteiger partial charge in [-0.1, -0.05) is 11.3 Å². The number of aromatic hydroxyl groups is 1. The quantitative estimate of drug-likeness (QED) is 0.648. The summed E-state index contributed by atoms with van der Waals surface area (Å²) in [4.78, 5) is 10.5. The Balaban J connectivity index is 1.61. The van der Waals surface area contributed by atoms with Gasteiger partial charge in [-0.15, -0.1) is 0 Å². The molecule has 0 bridgehead atoms. The molecule has 0 unspecified atom stereocenters. The Hall–Kier alpha value is -2.86. The maximum absolute atomic E-state index is 9.80. The molecule has 0 amide bonds. The lowest BCUT2D eigenvalue weighted by Crippen LogP contribution is -2.02. The lowest BCUT2D eigenvalue weighted by atomic mass is 9.93. The summed E-state index contributed by atoms with van der Waals surface area (Å²) in [5.41, 5.74) is 4.31. The molecule has 0 fully saturated rings. The van der Waals surface area contributed by atoms with Crippen LogP contribution in [0.4, 0.5) is 5.13 Å². The van der Waals surface area contributed by atoms with Crippen molar-refractivity contribution in [2.24, 2.45) is 4.99 Å². The molecule has 1 N–H and O–H groups in total. The van der Waals surface area contributed by atoms with Crippen LogP contribution in [-0.4, -0.2) is 30.0 Å². The molecule has 3 aromatic rings. The standard InChI is InChI=1S/C21H20N2O3S/c1-3-26-18-10-13(4-8-17(18)24)12-22-21-23-20-16-7-6-15(25-2)11-14(16)5-9-19(20)27-21/h4,6-8,10-12,24H,3,5,9H2,1-2H3. The number of aliphatic imine (C=N–C) groups is 1. The molecule has 27 heavy (non-hydrogen) atoms. The molecule has 0 saturated carbocycles. The molecule has 2 aromatic carbocycles. The third kappa shape index (κ3) is 3.53. The van der Waals surface area contributed by atoms with Gasteiger partial charge in [-0.25, -0.2) is 9.98 Å². The Morgan fingerprint density at radius 1 is 1.22 bits per heavy atom. The van der Waals surface area contributed by atoms with Gasteiger partial charge in [-0.3, -0.25) is 0 Å². The van der Waals surface area contributed by atoms with Crippen LogP contribution >= 0.6 is 11.3 Å². The van der Waals surface area contributed by atoms with E-state index in [0.717, 1.165) is 40.5 Å². The van der Waals surface area contributed by atoms with Crippen LogP contribution in [0.3, 0.4) is 0 Å². The number of ether oxygens (including phenoxy) is 2. The minimum absolute atomic E-state index is 0.130. The van der Waals surface area contributed by atoms with Crippen LogP contribution in [0.2, 0.25) is 0 Å². The Bertz CT molecular complexity index is 1010. The number of phenolic OH excluding ortho intramolecular Hbond substituents is 1. The summed E-state index contributed by atoms with van der Waals surface area (Å²) in [5, 5.41) is 10.5. The van der Waals surface area contributed by atoms with Crippen molar-refractivity contribution in [3.8, 4) is 28.5 Å². The van der Waals surface area contributed by atoms with E-state index in [1.54, 1.807) is 42.9 Å². The van der Waals surface area contributed by atoms with Gasteiger partial charge in [0.05, 0.1) is 19.4 Å². The second-order valence-electron chi connectivity index (χ2n) is 6.21. The van der Waals surface area contributed by atoms with Crippen LogP contribution in [0.25, 0.3) is 11.3 Å². The zero-order chi connectivity index (χ0) is 18.8. The summed E-state index contributed by atoms with van der Waals surface area (Å²) in [6.45, 7) is 2.38. The van der Waals surface area contributed by atoms with E-state index in [0.29, 0.717) is 12.4 Å². The van der Waals surface area contributed by atoms with Crippen LogP contribution in [0.15, 0.2) is 41.4 Å². The molecule has 1 aliphatic carbocycles. The third-order valence-electron chi connectivity index (χ3n) is 4.48. The fourth-order valence-corrected chi connectivity index (χ4v) is 4.09. The SMILES string of the molecule is CCOc1cc(C=Nc2nc3c(s2)CCc2cc(OC)ccc2-3)ccc1O. The van der Waals surface area contributed by atoms with Crippen LogP contribution in [0.1, 0.15) is 22.9 Å². The van der Waals surface area contributed by atoms with Crippen molar-refractivity contribution in [1.82, 2.24) is 4.98 Å². The number of rotatable bonds is 5. The Kier molecular flexibility index (Phi) is 4.81. The largest absolute Gasteiger partial charge is 0.504 e. The Morgan fingerprint density at radius 3 is 2.93 bits per heavy atom. The van der Waals surface area contributed by atoms with Gasteiger partial charge in [0, 0.05) is 16.7 Å². The van der Waals surface area contributed by atoms with Gasteiger partial charge in [0.25, 0.3) is 0 Å². The third-order valence-corrected chi connectivity index (χ3v) is 5.51. The van der Waals surface area contributed by atoms with Crippen LogP contribution in [0, 0.1) is 0 Å². The number of hydrogen-bond donors (Lipinski definition) is 1. The van der Waals surface area contributed by atoms with Crippen LogP contribution in [-0.2, 0) is 12.8 Å². The highest BCUT2D eigenvalue weighted by Crippen LogP contribution is 2.40. The van der Waals surface area contributed by atoms with Crippen molar-refractivity contribution in [3.63, 3.8) is 0 Å². The van der Waals surface area contributed by atoms with E-state index >= 15 is 0 Å². The fraction of sp³-hybridized carbons (Fsp3) is 0.238. The molecule has 0 spiro atoms. The molecule has 0 radical (unpaired) electrons. The first-order valence-electron chi connectivity index (χ1n) is 8.85. The molecule has 6 heteroatoms. The molecule has 4 rings (SSSR count). The normalized spacial score (nSPS) is 12.7. The van der Waals surface area contributed by atoms with E-state index in [2.05, 4.69) is 17.1 Å². The highest BCUT2D eigenvalue weighted by Gasteiger charge is 2.21. The Morgan fingerprint density at radius 2 is 2.11 bits per heavy atom. The molecule has 1 aliphatic rings. The molecule has 0 saturated heterocycles. The summed E-state index contributed by atoms with van der Waals surface area (Å²) < 4.78 is 10.7. The molecule has 138 valence electrons. The number of thiazole rings is 1. The maximum Gasteiger partial charge on any atom is 0.209 e. The number of aromatic nitrogens is 1. The lowest BCUT2D eigenvalue weighted by molar-refractivity contribution is 0.318. The first-order valence-corrected chi connectivity index (χ1v) is 9.66. The van der Waals surface area contributed by atoms with E-state index in [-0.39, 0.29) is 5.75 Å². The van der Waals surface area contributed by atoms with E-state index in [4.69, 9.17) is 14.5 Å². The number of nitrogens with zero attached hydrogens (tertiary/aromatic N) is 2. The fourth-order valence-electron chi connectivity index (χ4n) is 3.17. The lowest BCUT2D eigenvalue weighted by Gasteiger charge is -2.15. The number of fused-ring (bicyclic) bond motifs is 3. The minimum Gasteiger partial charge on any atom is -0.504 e. The maximum atomic E-state index is 9.80. The number of aryl methyl sites for hydroxylation is 2. The van der Waals surface area contributed by atoms with Gasteiger partial charge < -0.3 is 14.6 Å². The van der Waals surface area contributed by atoms with Gasteiger partial charge in [0.1, 0.15) is 5.75 Å². The Labute approximate surface area is 162 Å². The van der Waals surface area contributed by atoms with Gasteiger partial charge in [-0.2, -0.15) is 0 Å². The van der Waals surface area contributed by atoms with Gasteiger partial charge in [0.15, 0.2) is 11.5 Å². The zero-order valence-electron chi connectivity index (χ0n) is 15.2. The molecular weight excluding hydrogens is 360 g/mol. The van der Waals surface area contributed by atoms with E-state index in [9.17, 15) is 5.11 Å². The summed E-state index contributed by atoms with van der Waals surface area (Å²) in [6.07, 6.45) is 3.71. The molecule has 1 aromatic heterocycles. The summed E-state index contributed by atoms with van der Waals surface area (Å²) in [6, 6.07) is 11.3. The van der Waals surface area contributed by atoms with Crippen molar-refractivity contribution in [1.29, 1.82) is 0 Å². The molecule has 0 atom stereocenters. The first-order chi connectivity index (χ1) is 13.2. The topological polar surface area (TPSA) is 63.9 Å². The molecule has 0 aliphatic heterocycles. The summed E-state index contributed by atoms with van der Waals surface area (Å²) >= 11 is 1.62. The number of hydrogen-bond acceptors (Lipinski definition) is 6. The van der Waals surface area contributed by atoms with Crippen molar-refractivity contribution in [2.75, 3.05) is 13.7 Å². The molecular formula is C21H20N2O3S. The van der Waals surface area contributed by atoms with Crippen molar-refractivity contribution < 1.29 is 14.6 Å². The number of methoxy groups -OCH3 is 1. The van der Waals surface area contributed by atoms with Crippen LogP contribution < -0.4 is 9.47 Å². The van der Waals surface area contributed by atoms with Crippen molar-refractivity contribution >= 4 is 22.7 Å². The monoisotopic (exact) mass is 380 g/mol. The van der Waals surface area contributed by atoms with E-state index in [1.165, 1.54) is 10.4 Å². The second kappa shape index (κ2) is 7.40. The highest BCUT2D eigenvalue weighted by molar-refractivity contribution is 7.15. The van der Waals surface area contributed by atoms with Gasteiger partial charge in [-0.05, 0) is 67.3 Å². The van der Waals surface area contributed by atoms with E-state index in [1.807, 2.05) is 13.0 Å². The second-order valence-corrected chi connectivity index (χ2v) is 7.27. The summed E-state index contributed by atoms with van der Waals surface area (Å²) in [7, 11) is 1.69. The average molecular weight is 380 g/mol. The smallest absolute Gasteiger partial charge is 0.209 e. The first kappa shape index (κ1) is 17.5. The summed E-state index contributed by atoms with van der Waals surface area (Å²) in [5.74, 6) is 1.47. The molecule has 1 heterocycles. The van der Waals surface area contributed by atoms with Crippen molar-refractivity contribution in [2.45, 2.75) is 19.8 Å². The predicted octanol–water partition coefficient (Wildman–Crippen LogP) is 4.77. The average Bonchev–Trinajstić information content (AvgIpc) is 3.12. The number of benzene rings is 2. The van der Waals surface area contributed by atoms with E-state index < -0.39 is 0 Å². The van der Waals surface area contributed by atoms with Crippen molar-refractivity contribution in [3.05, 3.63) is 52.4 Å². The van der Waals surface area contributed by atoms with Gasteiger partial charge >= 0.3 is 0 Å². The molecule has 5 nitrogen and oxygen atoms in total. The number of phenols is 1. The minimum atomic E-state index is 0.130. The van der Waals surface area contributed by atoms with Gasteiger partial charge in [0.2, 0.25) is 5.13 Å².